The molecule has 2 aromatic carbocycles. The topological polar surface area (TPSA) is 96.5 Å². The van der Waals surface area contributed by atoms with E-state index in [1.165, 1.54) is 0 Å². The molecule has 29 heavy (non-hydrogen) atoms. The van der Waals surface area contributed by atoms with Gasteiger partial charge in [0, 0.05) is 11.3 Å². The maximum atomic E-state index is 11.3. The fraction of sp³-hybridized carbons (Fsp3) is 0.136. The van der Waals surface area contributed by atoms with Gasteiger partial charge >= 0.3 is 0 Å². The summed E-state index contributed by atoms with van der Waals surface area (Å²) < 4.78 is 3.61. The van der Waals surface area contributed by atoms with Crippen LogP contribution in [0.25, 0.3) is 16.9 Å². The lowest BCUT2D eigenvalue weighted by atomic mass is 10.1. The fourth-order valence-corrected chi connectivity index (χ4v) is 3.42. The summed E-state index contributed by atoms with van der Waals surface area (Å²) in [5.41, 5.74) is 10.7. The first-order chi connectivity index (χ1) is 13.9. The highest BCUT2D eigenvalue weighted by atomic mass is 16.3. The lowest BCUT2D eigenvalue weighted by Crippen LogP contribution is -2.40. The second-order valence-corrected chi connectivity index (χ2v) is 7.05. The minimum absolute atomic E-state index is 0.0739. The molecule has 7 heteroatoms. The van der Waals surface area contributed by atoms with Gasteiger partial charge in [0.05, 0.1) is 6.20 Å². The predicted molar refractivity (Wildman–Crippen MR) is 111 cm³/mol. The Morgan fingerprint density at radius 1 is 1.21 bits per heavy atom. The van der Waals surface area contributed by atoms with Gasteiger partial charge < -0.3 is 16.2 Å². The number of nitrogens with one attached hydrogen (secondary N) is 1. The van der Waals surface area contributed by atoms with Crippen molar-refractivity contribution in [2.45, 2.75) is 20.4 Å². The van der Waals surface area contributed by atoms with E-state index < -0.39 is 5.91 Å². The number of para-hydroxylation sites is 1. The molecule has 0 saturated carbocycles. The normalized spacial score (nSPS) is 11.0. The number of rotatable bonds is 5. The molecule has 0 unspecified atom stereocenters. The molecule has 1 amide bonds. The zero-order valence-electron chi connectivity index (χ0n) is 16.3. The summed E-state index contributed by atoms with van der Waals surface area (Å²) in [6.07, 6.45) is 5.39. The third-order valence-corrected chi connectivity index (χ3v) is 4.81. The molecule has 0 saturated heterocycles. The minimum Gasteiger partial charge on any atom is -0.508 e. The number of anilines is 2. The standard InChI is InChI=1S/C22H21N5O2/c1-14-5-3-6-15(2)20(14)25-22-21(16-7-4-8-17(28)11-16)24-19-13-26(12-18(23)29)9-10-27(19)22/h3-11,13H,12H2,1-2H3,(H3,23,28,29)/p+1. The molecule has 7 nitrogen and oxygen atoms in total. The van der Waals surface area contributed by atoms with Crippen LogP contribution in [-0.2, 0) is 11.3 Å². The van der Waals surface area contributed by atoms with E-state index in [9.17, 15) is 9.90 Å². The number of nitrogens with two attached hydrogens (primary N) is 1. The van der Waals surface area contributed by atoms with Gasteiger partial charge in [-0.25, -0.2) is 4.98 Å². The van der Waals surface area contributed by atoms with Gasteiger partial charge in [-0.3, -0.25) is 9.20 Å². The van der Waals surface area contributed by atoms with E-state index >= 15 is 0 Å². The van der Waals surface area contributed by atoms with E-state index in [0.29, 0.717) is 11.3 Å². The van der Waals surface area contributed by atoms with Crippen LogP contribution in [0.4, 0.5) is 11.5 Å². The largest absolute Gasteiger partial charge is 0.508 e. The van der Waals surface area contributed by atoms with Gasteiger partial charge in [0.1, 0.15) is 17.3 Å². The van der Waals surface area contributed by atoms with Crippen LogP contribution in [0.1, 0.15) is 11.1 Å². The van der Waals surface area contributed by atoms with Gasteiger partial charge in [0.15, 0.2) is 6.20 Å². The van der Waals surface area contributed by atoms with Gasteiger partial charge in [-0.2, -0.15) is 4.57 Å². The van der Waals surface area contributed by atoms with Crippen LogP contribution in [0.3, 0.4) is 0 Å². The monoisotopic (exact) mass is 388 g/mol. The van der Waals surface area contributed by atoms with Crippen molar-refractivity contribution in [1.82, 2.24) is 9.38 Å². The highest BCUT2D eigenvalue weighted by Gasteiger charge is 2.19. The molecule has 4 N–H and O–H groups in total. The Morgan fingerprint density at radius 2 is 1.93 bits per heavy atom. The third-order valence-electron chi connectivity index (χ3n) is 4.81. The fourth-order valence-electron chi connectivity index (χ4n) is 3.42. The molecule has 0 bridgehead atoms. The molecule has 0 aliphatic rings. The highest BCUT2D eigenvalue weighted by Crippen LogP contribution is 2.34. The number of amides is 1. The summed E-state index contributed by atoms with van der Waals surface area (Å²) in [7, 11) is 0. The van der Waals surface area contributed by atoms with Gasteiger partial charge in [0.25, 0.3) is 5.91 Å². The van der Waals surface area contributed by atoms with E-state index in [1.807, 2.05) is 48.7 Å². The first kappa shape index (κ1) is 18.5. The number of imidazole rings is 1. The second kappa shape index (κ2) is 7.27. The summed E-state index contributed by atoms with van der Waals surface area (Å²) in [5.74, 6) is 0.517. The number of primary amides is 1. The number of fused-ring (bicyclic) bond motifs is 1. The zero-order valence-corrected chi connectivity index (χ0v) is 16.3. The van der Waals surface area contributed by atoms with Crippen LogP contribution in [0.2, 0.25) is 0 Å². The Balaban J connectivity index is 1.92. The summed E-state index contributed by atoms with van der Waals surface area (Å²) in [4.78, 5) is 16.0. The molecule has 0 radical (unpaired) electrons. The number of phenols is 1. The number of nitrogens with zero attached hydrogens (tertiary/aromatic N) is 3. The number of hydrogen-bond donors (Lipinski definition) is 3. The zero-order chi connectivity index (χ0) is 20.5. The van der Waals surface area contributed by atoms with Crippen LogP contribution >= 0.6 is 0 Å². The van der Waals surface area contributed by atoms with Crippen LogP contribution in [0, 0.1) is 13.8 Å². The summed E-state index contributed by atoms with van der Waals surface area (Å²) >= 11 is 0. The number of phenolic OH excluding ortho intramolecular Hbond substituents is 1. The lowest BCUT2D eigenvalue weighted by molar-refractivity contribution is -0.683. The molecule has 2 heterocycles. The first-order valence-electron chi connectivity index (χ1n) is 9.24. The van der Waals surface area contributed by atoms with Gasteiger partial charge in [-0.05, 0) is 37.1 Å². The smallest absolute Gasteiger partial charge is 0.283 e. The van der Waals surface area contributed by atoms with Crippen LogP contribution in [-0.4, -0.2) is 20.4 Å². The lowest BCUT2D eigenvalue weighted by Gasteiger charge is -2.14. The van der Waals surface area contributed by atoms with E-state index in [4.69, 9.17) is 10.7 Å². The third kappa shape index (κ3) is 3.62. The Bertz CT molecular complexity index is 1210. The van der Waals surface area contributed by atoms with Crippen molar-refractivity contribution in [3.8, 4) is 17.0 Å². The SMILES string of the molecule is Cc1cccc(C)c1Nc1c(-c2cccc(O)c2)nc2c[n+](CC(N)=O)ccn12. The number of hydrogen-bond acceptors (Lipinski definition) is 4. The van der Waals surface area contributed by atoms with Crippen molar-refractivity contribution in [2.75, 3.05) is 5.32 Å². The van der Waals surface area contributed by atoms with Crippen molar-refractivity contribution in [2.24, 2.45) is 5.73 Å². The van der Waals surface area contributed by atoms with Gasteiger partial charge in [0.2, 0.25) is 18.4 Å². The molecule has 0 aliphatic heterocycles. The number of benzene rings is 2. The number of aryl methyl sites for hydroxylation is 2. The molecule has 146 valence electrons. The molecular formula is C22H22N5O2+. The summed E-state index contributed by atoms with van der Waals surface area (Å²) in [6, 6.07) is 13.1. The van der Waals surface area contributed by atoms with Crippen molar-refractivity contribution in [1.29, 1.82) is 0 Å². The molecule has 0 spiro atoms. The predicted octanol–water partition coefficient (Wildman–Crippen LogP) is 2.84. The molecular weight excluding hydrogens is 366 g/mol. The number of carbonyl (C=O) groups is 1. The Morgan fingerprint density at radius 3 is 2.62 bits per heavy atom. The molecule has 4 rings (SSSR count). The van der Waals surface area contributed by atoms with Gasteiger partial charge in [-0.1, -0.05) is 30.3 Å². The van der Waals surface area contributed by atoms with E-state index in [0.717, 1.165) is 28.2 Å². The van der Waals surface area contributed by atoms with Crippen molar-refractivity contribution in [3.63, 3.8) is 0 Å². The minimum atomic E-state index is -0.423. The molecule has 4 aromatic rings. The van der Waals surface area contributed by atoms with Crippen molar-refractivity contribution >= 4 is 23.1 Å². The maximum Gasteiger partial charge on any atom is 0.283 e. The summed E-state index contributed by atoms with van der Waals surface area (Å²) in [6.45, 7) is 4.17. The van der Waals surface area contributed by atoms with Crippen LogP contribution in [0.5, 0.6) is 5.75 Å². The highest BCUT2D eigenvalue weighted by molar-refractivity contribution is 5.81. The van der Waals surface area contributed by atoms with E-state index in [2.05, 4.69) is 5.32 Å². The Kier molecular flexibility index (Phi) is 4.64. The van der Waals surface area contributed by atoms with Crippen molar-refractivity contribution in [3.05, 3.63) is 72.2 Å². The van der Waals surface area contributed by atoms with Crippen molar-refractivity contribution < 1.29 is 14.5 Å². The second-order valence-electron chi connectivity index (χ2n) is 7.05. The Labute approximate surface area is 168 Å². The number of carbonyl (C=O) groups excluding carboxylic acids is 1. The quantitative estimate of drug-likeness (QED) is 0.458. The molecule has 2 aromatic heterocycles. The summed E-state index contributed by atoms with van der Waals surface area (Å²) in [5, 5.41) is 13.5. The molecule has 0 fully saturated rings. The average Bonchev–Trinajstić information content (AvgIpc) is 3.02. The maximum absolute atomic E-state index is 11.3. The number of aromatic hydroxyl groups is 1. The van der Waals surface area contributed by atoms with E-state index in [-0.39, 0.29) is 12.3 Å². The number of aromatic nitrogens is 3. The van der Waals surface area contributed by atoms with Gasteiger partial charge in [-0.15, -0.1) is 0 Å². The Hall–Kier alpha value is -3.87. The molecule has 0 aliphatic carbocycles. The van der Waals surface area contributed by atoms with Crippen LogP contribution in [0.15, 0.2) is 61.1 Å². The molecule has 0 atom stereocenters. The first-order valence-corrected chi connectivity index (χ1v) is 9.24. The van der Waals surface area contributed by atoms with E-state index in [1.54, 1.807) is 35.2 Å². The average molecular weight is 388 g/mol. The van der Waals surface area contributed by atoms with Crippen LogP contribution < -0.4 is 15.6 Å².